The number of hydrogen-bond donors (Lipinski definition) is 1. The van der Waals surface area contributed by atoms with Crippen LogP contribution >= 0.6 is 11.6 Å². The molecule has 0 spiro atoms. The highest BCUT2D eigenvalue weighted by atomic mass is 35.5. The third-order valence-corrected chi connectivity index (χ3v) is 4.13. The van der Waals surface area contributed by atoms with Crippen molar-refractivity contribution in [3.8, 4) is 5.75 Å². The molecule has 0 aliphatic heterocycles. The van der Waals surface area contributed by atoms with Gasteiger partial charge in [-0.15, -0.1) is 0 Å². The van der Waals surface area contributed by atoms with E-state index < -0.39 is 0 Å². The molecule has 0 radical (unpaired) electrons. The molecule has 6 heteroatoms. The van der Waals surface area contributed by atoms with E-state index in [1.807, 2.05) is 44.2 Å². The smallest absolute Gasteiger partial charge is 0.258 e. The molecule has 0 aliphatic carbocycles. The second-order valence-corrected chi connectivity index (χ2v) is 6.49. The quantitative estimate of drug-likeness (QED) is 0.806. The molecule has 0 bridgehead atoms. The molecule has 0 saturated heterocycles. The van der Waals surface area contributed by atoms with E-state index in [-0.39, 0.29) is 18.4 Å². The van der Waals surface area contributed by atoms with Crippen molar-refractivity contribution in [3.05, 3.63) is 58.6 Å². The predicted octanol–water partition coefficient (Wildman–Crippen LogP) is 3.50. The van der Waals surface area contributed by atoms with Crippen molar-refractivity contribution in [2.24, 2.45) is 0 Å². The highest BCUT2D eigenvalue weighted by molar-refractivity contribution is 6.31. The lowest BCUT2D eigenvalue weighted by Crippen LogP contribution is -2.39. The summed E-state index contributed by atoms with van der Waals surface area (Å²) in [6.07, 6.45) is 0. The first kappa shape index (κ1) is 19.8. The lowest BCUT2D eigenvalue weighted by molar-refractivity contribution is -0.123. The van der Waals surface area contributed by atoms with Gasteiger partial charge in [-0.2, -0.15) is 0 Å². The van der Waals surface area contributed by atoms with Gasteiger partial charge in [-0.05, 0) is 43.7 Å². The van der Waals surface area contributed by atoms with E-state index in [1.54, 1.807) is 17.0 Å². The highest BCUT2D eigenvalue weighted by Gasteiger charge is 2.14. The molecule has 0 unspecified atom stereocenters. The fraction of sp³-hybridized carbons (Fsp3) is 0.300. The van der Waals surface area contributed by atoms with Gasteiger partial charge in [-0.3, -0.25) is 9.59 Å². The van der Waals surface area contributed by atoms with E-state index in [0.29, 0.717) is 23.9 Å². The van der Waals surface area contributed by atoms with Crippen molar-refractivity contribution in [1.29, 1.82) is 0 Å². The molecule has 5 nitrogen and oxygen atoms in total. The van der Waals surface area contributed by atoms with Gasteiger partial charge >= 0.3 is 0 Å². The van der Waals surface area contributed by atoms with Gasteiger partial charge in [0.1, 0.15) is 5.75 Å². The first-order valence-electron chi connectivity index (χ1n) is 8.37. The van der Waals surface area contributed by atoms with E-state index >= 15 is 0 Å². The number of anilines is 1. The lowest BCUT2D eigenvalue weighted by atomic mass is 10.2. The van der Waals surface area contributed by atoms with Gasteiger partial charge in [0.25, 0.3) is 5.91 Å². The summed E-state index contributed by atoms with van der Waals surface area (Å²) in [6, 6.07) is 12.9. The molecule has 26 heavy (non-hydrogen) atoms. The van der Waals surface area contributed by atoms with Gasteiger partial charge in [0.2, 0.25) is 5.91 Å². The molecule has 2 rings (SSSR count). The maximum Gasteiger partial charge on any atom is 0.258 e. The Morgan fingerprint density at radius 2 is 1.81 bits per heavy atom. The maximum atomic E-state index is 12.0. The van der Waals surface area contributed by atoms with Crippen molar-refractivity contribution in [1.82, 2.24) is 5.32 Å². The molecule has 2 aromatic carbocycles. The number of ether oxygens (including phenoxy) is 1. The summed E-state index contributed by atoms with van der Waals surface area (Å²) in [5.41, 5.74) is 2.82. The number of nitrogens with zero attached hydrogens (tertiary/aromatic N) is 1. The van der Waals surface area contributed by atoms with Crippen molar-refractivity contribution < 1.29 is 14.3 Å². The van der Waals surface area contributed by atoms with Crippen LogP contribution in [0.4, 0.5) is 5.69 Å². The van der Waals surface area contributed by atoms with Crippen LogP contribution in [0.25, 0.3) is 0 Å². The zero-order chi connectivity index (χ0) is 19.1. The molecule has 2 amide bonds. The second kappa shape index (κ2) is 9.25. The van der Waals surface area contributed by atoms with Crippen LogP contribution in [0.5, 0.6) is 5.75 Å². The fourth-order valence-electron chi connectivity index (χ4n) is 2.46. The minimum absolute atomic E-state index is 0.0701. The molecule has 0 saturated carbocycles. The number of nitrogens with one attached hydrogen (secondary N) is 1. The Kier molecular flexibility index (Phi) is 7.04. The molecule has 0 fully saturated rings. The van der Waals surface area contributed by atoms with Crippen molar-refractivity contribution in [3.63, 3.8) is 0 Å². The number of carbonyl (C=O) groups is 2. The van der Waals surface area contributed by atoms with E-state index in [2.05, 4.69) is 5.32 Å². The first-order chi connectivity index (χ1) is 12.4. The first-order valence-corrected chi connectivity index (χ1v) is 8.75. The van der Waals surface area contributed by atoms with Crippen LogP contribution in [-0.2, 0) is 9.59 Å². The monoisotopic (exact) mass is 374 g/mol. The van der Waals surface area contributed by atoms with Crippen molar-refractivity contribution in [2.75, 3.05) is 24.6 Å². The number of aryl methyl sites for hydroxylation is 2. The van der Waals surface area contributed by atoms with Gasteiger partial charge in [-0.1, -0.05) is 35.4 Å². The highest BCUT2D eigenvalue weighted by Crippen LogP contribution is 2.24. The Bertz CT molecular complexity index is 775. The van der Waals surface area contributed by atoms with Gasteiger partial charge in [0.05, 0.1) is 0 Å². The molecule has 138 valence electrons. The number of hydrogen-bond acceptors (Lipinski definition) is 3. The molecule has 0 atom stereocenters. The summed E-state index contributed by atoms with van der Waals surface area (Å²) >= 11 is 6.04. The summed E-state index contributed by atoms with van der Waals surface area (Å²) in [7, 11) is 0. The van der Waals surface area contributed by atoms with E-state index in [9.17, 15) is 9.59 Å². The summed E-state index contributed by atoms with van der Waals surface area (Å²) in [4.78, 5) is 25.5. The third kappa shape index (κ3) is 5.77. The largest absolute Gasteiger partial charge is 0.484 e. The van der Waals surface area contributed by atoms with Crippen molar-refractivity contribution in [2.45, 2.75) is 20.8 Å². The predicted molar refractivity (Wildman–Crippen MR) is 104 cm³/mol. The topological polar surface area (TPSA) is 58.6 Å². The zero-order valence-corrected chi connectivity index (χ0v) is 16.0. The number of halogens is 1. The molecule has 0 aliphatic rings. The number of benzene rings is 2. The summed E-state index contributed by atoms with van der Waals surface area (Å²) < 4.78 is 5.44. The van der Waals surface area contributed by atoms with Crippen LogP contribution in [0.15, 0.2) is 42.5 Å². The summed E-state index contributed by atoms with van der Waals surface area (Å²) in [6.45, 7) is 5.99. The van der Waals surface area contributed by atoms with Crippen LogP contribution in [0.1, 0.15) is 18.1 Å². The zero-order valence-electron chi connectivity index (χ0n) is 15.2. The standard InChI is InChI=1S/C20H23ClN2O3/c1-14-4-8-18(9-5-14)26-13-20(25)22-10-11-23(16(3)24)19-12-17(21)7-6-15(19)2/h4-9,12H,10-11,13H2,1-3H3,(H,22,25). The Morgan fingerprint density at radius 3 is 2.46 bits per heavy atom. The molecule has 0 aromatic heterocycles. The van der Waals surface area contributed by atoms with E-state index in [0.717, 1.165) is 16.8 Å². The van der Waals surface area contributed by atoms with Gasteiger partial charge in [0, 0.05) is 30.7 Å². The van der Waals surface area contributed by atoms with E-state index in [4.69, 9.17) is 16.3 Å². The van der Waals surface area contributed by atoms with Gasteiger partial charge < -0.3 is 15.0 Å². The summed E-state index contributed by atoms with van der Waals surface area (Å²) in [5.74, 6) is 0.295. The molecule has 2 aromatic rings. The molecular weight excluding hydrogens is 352 g/mol. The third-order valence-electron chi connectivity index (χ3n) is 3.89. The van der Waals surface area contributed by atoms with Crippen LogP contribution in [-0.4, -0.2) is 31.5 Å². The maximum absolute atomic E-state index is 12.0. The Labute approximate surface area is 158 Å². The second-order valence-electron chi connectivity index (χ2n) is 6.05. The number of carbonyl (C=O) groups excluding carboxylic acids is 2. The fourth-order valence-corrected chi connectivity index (χ4v) is 2.63. The van der Waals surface area contributed by atoms with Crippen LogP contribution in [0.3, 0.4) is 0 Å². The van der Waals surface area contributed by atoms with Gasteiger partial charge in [0.15, 0.2) is 6.61 Å². The Balaban J connectivity index is 1.85. The average molecular weight is 375 g/mol. The SMILES string of the molecule is CC(=O)N(CCNC(=O)COc1ccc(C)cc1)c1cc(Cl)ccc1C. The minimum Gasteiger partial charge on any atom is -0.484 e. The minimum atomic E-state index is -0.239. The number of rotatable bonds is 7. The lowest BCUT2D eigenvalue weighted by Gasteiger charge is -2.23. The molecule has 0 heterocycles. The number of amides is 2. The molecular formula is C20H23ClN2O3. The Morgan fingerprint density at radius 1 is 1.12 bits per heavy atom. The van der Waals surface area contributed by atoms with Crippen LogP contribution in [0.2, 0.25) is 5.02 Å². The van der Waals surface area contributed by atoms with Crippen molar-refractivity contribution >= 4 is 29.1 Å². The average Bonchev–Trinajstić information content (AvgIpc) is 2.60. The van der Waals surface area contributed by atoms with E-state index in [1.165, 1.54) is 6.92 Å². The van der Waals surface area contributed by atoms with Crippen LogP contribution < -0.4 is 15.0 Å². The van der Waals surface area contributed by atoms with Gasteiger partial charge in [-0.25, -0.2) is 0 Å². The Hall–Kier alpha value is -2.53. The normalized spacial score (nSPS) is 10.3. The van der Waals surface area contributed by atoms with Crippen LogP contribution in [0, 0.1) is 13.8 Å². The summed E-state index contributed by atoms with van der Waals surface area (Å²) in [5, 5.41) is 3.33. The molecule has 1 N–H and O–H groups in total.